The Kier molecular flexibility index (Phi) is 10.5. The van der Waals surface area contributed by atoms with Crippen molar-refractivity contribution < 1.29 is 22.7 Å². The van der Waals surface area contributed by atoms with Crippen molar-refractivity contribution in [1.29, 1.82) is 0 Å². The molecule has 40 heavy (non-hydrogen) atoms. The van der Waals surface area contributed by atoms with Gasteiger partial charge in [-0.2, -0.15) is 0 Å². The van der Waals surface area contributed by atoms with E-state index in [1.54, 1.807) is 49.4 Å². The molecule has 1 N–H and O–H groups in total. The van der Waals surface area contributed by atoms with Crippen molar-refractivity contribution in [3.8, 4) is 5.75 Å². The van der Waals surface area contributed by atoms with Crippen LogP contribution in [-0.4, -0.2) is 50.9 Å². The van der Waals surface area contributed by atoms with Crippen molar-refractivity contribution in [3.05, 3.63) is 87.9 Å². The first kappa shape index (κ1) is 31.3. The molecule has 0 fully saturated rings. The third-order valence-corrected chi connectivity index (χ3v) is 8.42. The summed E-state index contributed by atoms with van der Waals surface area (Å²) in [6, 6.07) is 16.6. The Morgan fingerprint density at radius 3 is 2.10 bits per heavy atom. The molecule has 11 heteroatoms. The molecule has 3 aromatic rings. The number of ether oxygens (including phenoxy) is 1. The number of hydrogen-bond donors (Lipinski definition) is 1. The number of halogens is 2. The van der Waals surface area contributed by atoms with Gasteiger partial charge in [0.1, 0.15) is 18.3 Å². The van der Waals surface area contributed by atoms with Crippen molar-refractivity contribution in [2.45, 2.75) is 51.2 Å². The van der Waals surface area contributed by atoms with E-state index in [-0.39, 0.29) is 39.8 Å². The lowest BCUT2D eigenvalue weighted by atomic mass is 10.1. The highest BCUT2D eigenvalue weighted by molar-refractivity contribution is 7.92. The predicted octanol–water partition coefficient (Wildman–Crippen LogP) is 5.45. The maximum absolute atomic E-state index is 14.0. The first-order valence-corrected chi connectivity index (χ1v) is 14.8. The molecule has 0 aliphatic carbocycles. The van der Waals surface area contributed by atoms with E-state index in [9.17, 15) is 18.0 Å². The highest BCUT2D eigenvalue weighted by Crippen LogP contribution is 2.35. The highest BCUT2D eigenvalue weighted by atomic mass is 35.5. The van der Waals surface area contributed by atoms with Crippen molar-refractivity contribution in [1.82, 2.24) is 10.2 Å². The van der Waals surface area contributed by atoms with Gasteiger partial charge in [-0.25, -0.2) is 8.42 Å². The molecule has 8 nitrogen and oxygen atoms in total. The Bertz CT molecular complexity index is 1450. The van der Waals surface area contributed by atoms with Crippen LogP contribution in [0, 0.1) is 6.92 Å². The zero-order valence-corrected chi connectivity index (χ0v) is 25.3. The van der Waals surface area contributed by atoms with E-state index < -0.39 is 28.5 Å². The molecule has 0 aliphatic rings. The number of sulfonamides is 1. The van der Waals surface area contributed by atoms with Gasteiger partial charge in [0.25, 0.3) is 10.0 Å². The first-order valence-electron chi connectivity index (χ1n) is 12.6. The van der Waals surface area contributed by atoms with Crippen molar-refractivity contribution >= 4 is 50.7 Å². The molecular formula is C29H33Cl2N3O5S. The topological polar surface area (TPSA) is 96.0 Å². The quantitative estimate of drug-likeness (QED) is 0.313. The molecule has 0 bridgehead atoms. The summed E-state index contributed by atoms with van der Waals surface area (Å²) in [5.74, 6) is -0.757. The minimum Gasteiger partial charge on any atom is -0.495 e. The Hall–Kier alpha value is -3.27. The van der Waals surface area contributed by atoms with E-state index in [0.717, 1.165) is 15.4 Å². The van der Waals surface area contributed by atoms with Gasteiger partial charge in [0.05, 0.1) is 17.7 Å². The van der Waals surface area contributed by atoms with E-state index in [0.29, 0.717) is 5.02 Å². The van der Waals surface area contributed by atoms with Crippen LogP contribution < -0.4 is 14.4 Å². The summed E-state index contributed by atoms with van der Waals surface area (Å²) < 4.78 is 34.4. The third-order valence-electron chi connectivity index (χ3n) is 6.16. The van der Waals surface area contributed by atoms with Crippen LogP contribution in [-0.2, 0) is 26.2 Å². The van der Waals surface area contributed by atoms with Gasteiger partial charge in [-0.1, -0.05) is 53.0 Å². The molecule has 1 unspecified atom stereocenters. The first-order chi connectivity index (χ1) is 18.8. The molecule has 3 aromatic carbocycles. The van der Waals surface area contributed by atoms with Crippen LogP contribution in [0.25, 0.3) is 0 Å². The number of benzene rings is 3. The summed E-state index contributed by atoms with van der Waals surface area (Å²) in [4.78, 5) is 28.3. The molecule has 0 radical (unpaired) electrons. The summed E-state index contributed by atoms with van der Waals surface area (Å²) >= 11 is 12.3. The molecule has 2 amide bonds. The number of amides is 2. The number of aryl methyl sites for hydroxylation is 1. The van der Waals surface area contributed by atoms with Crippen LogP contribution in [0.1, 0.15) is 31.9 Å². The van der Waals surface area contributed by atoms with Gasteiger partial charge in [-0.15, -0.1) is 0 Å². The van der Waals surface area contributed by atoms with Gasteiger partial charge >= 0.3 is 0 Å². The summed E-state index contributed by atoms with van der Waals surface area (Å²) in [5.41, 5.74) is 1.69. The molecule has 214 valence electrons. The zero-order chi connectivity index (χ0) is 29.6. The summed E-state index contributed by atoms with van der Waals surface area (Å²) in [7, 11) is -2.86. The molecule has 0 saturated heterocycles. The number of carbonyl (C=O) groups excluding carboxylic acids is 2. The Balaban J connectivity index is 2.10. The molecule has 0 aliphatic heterocycles. The van der Waals surface area contributed by atoms with Gasteiger partial charge in [0.2, 0.25) is 11.8 Å². The molecule has 3 rings (SSSR count). The minimum absolute atomic E-state index is 0.0113. The monoisotopic (exact) mass is 605 g/mol. The molecule has 0 heterocycles. The van der Waals surface area contributed by atoms with Gasteiger partial charge in [0, 0.05) is 22.6 Å². The summed E-state index contributed by atoms with van der Waals surface area (Å²) in [6.45, 7) is 6.52. The second kappa shape index (κ2) is 13.4. The van der Waals surface area contributed by atoms with Gasteiger partial charge in [-0.3, -0.25) is 13.9 Å². The third kappa shape index (κ3) is 7.68. The average Bonchev–Trinajstić information content (AvgIpc) is 2.90. The molecular weight excluding hydrogens is 573 g/mol. The number of anilines is 1. The van der Waals surface area contributed by atoms with E-state index in [1.165, 1.54) is 36.3 Å². The largest absolute Gasteiger partial charge is 0.495 e. The second-order valence-electron chi connectivity index (χ2n) is 9.63. The van der Waals surface area contributed by atoms with Crippen LogP contribution in [0.4, 0.5) is 5.69 Å². The van der Waals surface area contributed by atoms with Crippen LogP contribution in [0.2, 0.25) is 10.0 Å². The molecule has 0 aromatic heterocycles. The van der Waals surface area contributed by atoms with E-state index in [4.69, 9.17) is 27.9 Å². The normalized spacial score (nSPS) is 12.1. The van der Waals surface area contributed by atoms with E-state index in [2.05, 4.69) is 5.32 Å². The maximum Gasteiger partial charge on any atom is 0.264 e. The van der Waals surface area contributed by atoms with Crippen molar-refractivity contribution in [2.75, 3.05) is 18.0 Å². The van der Waals surface area contributed by atoms with Gasteiger partial charge in [0.15, 0.2) is 0 Å². The average molecular weight is 607 g/mol. The van der Waals surface area contributed by atoms with Crippen molar-refractivity contribution in [3.63, 3.8) is 0 Å². The maximum atomic E-state index is 14.0. The number of rotatable bonds is 11. The minimum atomic E-state index is -4.26. The fraction of sp³-hybridized carbons (Fsp3) is 0.310. The Morgan fingerprint density at radius 2 is 1.52 bits per heavy atom. The van der Waals surface area contributed by atoms with Crippen LogP contribution in [0.3, 0.4) is 0 Å². The molecule has 0 saturated carbocycles. The Morgan fingerprint density at radius 1 is 0.925 bits per heavy atom. The lowest BCUT2D eigenvalue weighted by Crippen LogP contribution is -2.52. The molecule has 1 atom stereocenters. The number of hydrogen-bond acceptors (Lipinski definition) is 5. The highest BCUT2D eigenvalue weighted by Gasteiger charge is 2.34. The van der Waals surface area contributed by atoms with Crippen molar-refractivity contribution in [2.24, 2.45) is 0 Å². The predicted molar refractivity (Wildman–Crippen MR) is 158 cm³/mol. The summed E-state index contributed by atoms with van der Waals surface area (Å²) in [6.07, 6.45) is 0. The van der Waals surface area contributed by atoms with E-state index >= 15 is 0 Å². The lowest BCUT2D eigenvalue weighted by Gasteiger charge is -2.32. The van der Waals surface area contributed by atoms with E-state index in [1.807, 2.05) is 20.8 Å². The lowest BCUT2D eigenvalue weighted by molar-refractivity contribution is -0.139. The number of nitrogens with one attached hydrogen (secondary N) is 1. The standard InChI is InChI=1S/C29H33Cl2N3O5S/c1-19(2)32-29(36)21(4)33(17-22-8-10-23(30)11-9-22)28(35)18-34(26-16-24(31)12-15-27(26)39-5)40(37,38)25-13-6-20(3)7-14-25/h6-16,19,21H,17-18H2,1-5H3,(H,32,36). The fourth-order valence-electron chi connectivity index (χ4n) is 3.98. The SMILES string of the molecule is COc1ccc(Cl)cc1N(CC(=O)N(Cc1ccc(Cl)cc1)C(C)C(=O)NC(C)C)S(=O)(=O)c1ccc(C)cc1. The smallest absolute Gasteiger partial charge is 0.264 e. The van der Waals surface area contributed by atoms with Gasteiger partial charge in [-0.05, 0) is 75.7 Å². The number of nitrogens with zero attached hydrogens (tertiary/aromatic N) is 2. The van der Waals surface area contributed by atoms with Crippen LogP contribution in [0.15, 0.2) is 71.6 Å². The number of carbonyl (C=O) groups is 2. The number of methoxy groups -OCH3 is 1. The Labute approximate surface area is 245 Å². The van der Waals surface area contributed by atoms with Gasteiger partial charge < -0.3 is 15.0 Å². The zero-order valence-electron chi connectivity index (χ0n) is 23.0. The molecule has 0 spiro atoms. The van der Waals surface area contributed by atoms with Crippen LogP contribution >= 0.6 is 23.2 Å². The fourth-order valence-corrected chi connectivity index (χ4v) is 5.69. The van der Waals surface area contributed by atoms with Crippen LogP contribution in [0.5, 0.6) is 5.75 Å². The summed E-state index contributed by atoms with van der Waals surface area (Å²) in [5, 5.41) is 3.60. The second-order valence-corrected chi connectivity index (χ2v) is 12.4.